The number of para-hydroxylation sites is 1. The Morgan fingerprint density at radius 3 is 2.75 bits per heavy atom. The Bertz CT molecular complexity index is 648. The zero-order valence-corrected chi connectivity index (χ0v) is 9.96. The van der Waals surface area contributed by atoms with Crippen LogP contribution in [0.4, 0.5) is 0 Å². The van der Waals surface area contributed by atoms with E-state index in [9.17, 15) is 8.42 Å². The number of hydrogen-bond donors (Lipinski definition) is 1. The van der Waals surface area contributed by atoms with E-state index >= 15 is 0 Å². The second kappa shape index (κ2) is 3.73. The van der Waals surface area contributed by atoms with Gasteiger partial charge in [0.25, 0.3) is 5.16 Å². The molecule has 2 rings (SSSR count). The first-order chi connectivity index (χ1) is 7.45. The third-order valence-corrected chi connectivity index (χ3v) is 3.31. The fourth-order valence-corrected chi connectivity index (χ4v) is 2.59. The maximum Gasteiger partial charge on any atom is 0.328 e. The SMILES string of the molecule is CCn1c(S(=O)(=O)O)nc2cccc(Cl)c21. The van der Waals surface area contributed by atoms with Gasteiger partial charge in [-0.2, -0.15) is 8.42 Å². The van der Waals surface area contributed by atoms with Crippen LogP contribution < -0.4 is 0 Å². The summed E-state index contributed by atoms with van der Waals surface area (Å²) in [6, 6.07) is 4.96. The number of benzene rings is 1. The van der Waals surface area contributed by atoms with Gasteiger partial charge < -0.3 is 4.57 Å². The second-order valence-electron chi connectivity index (χ2n) is 3.22. The van der Waals surface area contributed by atoms with Crippen LogP contribution >= 0.6 is 11.6 Å². The number of halogens is 1. The molecule has 0 amide bonds. The molecular formula is C9H9ClN2O3S. The number of rotatable bonds is 2. The molecule has 0 aliphatic carbocycles. The van der Waals surface area contributed by atoms with Crippen molar-refractivity contribution >= 4 is 32.8 Å². The van der Waals surface area contributed by atoms with Crippen LogP contribution in [0.1, 0.15) is 6.92 Å². The maximum atomic E-state index is 11.1. The summed E-state index contributed by atoms with van der Waals surface area (Å²) in [6.45, 7) is 2.11. The summed E-state index contributed by atoms with van der Waals surface area (Å²) in [7, 11) is -4.33. The molecule has 1 heterocycles. The standard InChI is InChI=1S/C9H9ClN2O3S/c1-2-12-8-6(10)4-3-5-7(8)11-9(12)16(13,14)15/h3-5H,2H2,1H3,(H,13,14,15). The third-order valence-electron chi connectivity index (χ3n) is 2.23. The first-order valence-electron chi connectivity index (χ1n) is 4.57. The largest absolute Gasteiger partial charge is 0.328 e. The molecule has 1 aromatic carbocycles. The molecule has 0 bridgehead atoms. The highest BCUT2D eigenvalue weighted by atomic mass is 35.5. The monoisotopic (exact) mass is 260 g/mol. The summed E-state index contributed by atoms with van der Waals surface area (Å²) in [5.74, 6) is 0. The lowest BCUT2D eigenvalue weighted by atomic mass is 10.3. The van der Waals surface area contributed by atoms with Gasteiger partial charge in [0, 0.05) is 6.54 Å². The van der Waals surface area contributed by atoms with E-state index in [4.69, 9.17) is 16.2 Å². The molecule has 7 heteroatoms. The summed E-state index contributed by atoms with van der Waals surface area (Å²) in [5, 5.41) is 0.0276. The van der Waals surface area contributed by atoms with Gasteiger partial charge in [0.2, 0.25) is 0 Å². The normalized spacial score (nSPS) is 12.2. The van der Waals surface area contributed by atoms with Crippen LogP contribution in [0.2, 0.25) is 5.02 Å². The zero-order valence-electron chi connectivity index (χ0n) is 8.38. The lowest BCUT2D eigenvalue weighted by Crippen LogP contribution is -2.08. The van der Waals surface area contributed by atoms with Crippen molar-refractivity contribution in [2.45, 2.75) is 18.6 Å². The lowest BCUT2D eigenvalue weighted by molar-refractivity contribution is 0.466. The van der Waals surface area contributed by atoms with Gasteiger partial charge in [-0.05, 0) is 19.1 Å². The zero-order chi connectivity index (χ0) is 11.9. The van der Waals surface area contributed by atoms with Crippen molar-refractivity contribution in [3.8, 4) is 0 Å². The fraction of sp³-hybridized carbons (Fsp3) is 0.222. The molecule has 0 aliphatic rings. The molecule has 0 saturated carbocycles. The molecule has 0 saturated heterocycles. The van der Waals surface area contributed by atoms with Gasteiger partial charge in [-0.15, -0.1) is 0 Å². The van der Waals surface area contributed by atoms with Crippen molar-refractivity contribution in [3.05, 3.63) is 23.2 Å². The minimum absolute atomic E-state index is 0.357. The number of imidazole rings is 1. The summed E-state index contributed by atoms with van der Waals surface area (Å²) in [4.78, 5) is 3.86. The van der Waals surface area contributed by atoms with Crippen LogP contribution in [0.3, 0.4) is 0 Å². The average molecular weight is 261 g/mol. The van der Waals surface area contributed by atoms with Gasteiger partial charge >= 0.3 is 10.1 Å². The van der Waals surface area contributed by atoms with E-state index in [0.29, 0.717) is 22.6 Å². The topological polar surface area (TPSA) is 72.2 Å². The van der Waals surface area contributed by atoms with E-state index in [2.05, 4.69) is 4.98 Å². The molecule has 0 aliphatic heterocycles. The fourth-order valence-electron chi connectivity index (χ4n) is 1.61. The number of aromatic nitrogens is 2. The highest BCUT2D eigenvalue weighted by molar-refractivity contribution is 7.85. The van der Waals surface area contributed by atoms with Crippen LogP contribution in [0.15, 0.2) is 23.4 Å². The van der Waals surface area contributed by atoms with Crippen LogP contribution in [0.25, 0.3) is 11.0 Å². The Labute approximate surface area is 97.4 Å². The smallest absolute Gasteiger partial charge is 0.312 e. The second-order valence-corrected chi connectivity index (χ2v) is 4.94. The van der Waals surface area contributed by atoms with Crippen LogP contribution in [0.5, 0.6) is 0 Å². The van der Waals surface area contributed by atoms with E-state index in [1.54, 1.807) is 25.1 Å². The molecule has 0 atom stereocenters. The van der Waals surface area contributed by atoms with E-state index in [1.165, 1.54) is 4.57 Å². The van der Waals surface area contributed by atoms with Crippen molar-refractivity contribution in [2.24, 2.45) is 0 Å². The highest BCUT2D eigenvalue weighted by Crippen LogP contribution is 2.26. The van der Waals surface area contributed by atoms with Crippen molar-refractivity contribution in [2.75, 3.05) is 0 Å². The Morgan fingerprint density at radius 1 is 1.50 bits per heavy atom. The first-order valence-corrected chi connectivity index (χ1v) is 6.39. The summed E-state index contributed by atoms with van der Waals surface area (Å²) in [6.07, 6.45) is 0. The Balaban J connectivity index is 2.94. The molecule has 0 radical (unpaired) electrons. The number of fused-ring (bicyclic) bond motifs is 1. The third kappa shape index (κ3) is 1.68. The van der Waals surface area contributed by atoms with Crippen LogP contribution in [-0.2, 0) is 16.7 Å². The van der Waals surface area contributed by atoms with E-state index < -0.39 is 10.1 Å². The van der Waals surface area contributed by atoms with Crippen molar-refractivity contribution in [1.82, 2.24) is 9.55 Å². The van der Waals surface area contributed by atoms with E-state index in [0.717, 1.165) is 0 Å². The highest BCUT2D eigenvalue weighted by Gasteiger charge is 2.21. The average Bonchev–Trinajstić information content (AvgIpc) is 2.57. The molecule has 1 aromatic heterocycles. The molecule has 5 nitrogen and oxygen atoms in total. The van der Waals surface area contributed by atoms with Gasteiger partial charge in [-0.1, -0.05) is 17.7 Å². The minimum atomic E-state index is -4.33. The molecular weight excluding hydrogens is 252 g/mol. The summed E-state index contributed by atoms with van der Waals surface area (Å²) in [5.41, 5.74) is 0.960. The number of aryl methyl sites for hydroxylation is 1. The molecule has 0 spiro atoms. The molecule has 0 fully saturated rings. The van der Waals surface area contributed by atoms with Crippen molar-refractivity contribution in [1.29, 1.82) is 0 Å². The predicted octanol–water partition coefficient (Wildman–Crippen LogP) is 1.96. The molecule has 2 aromatic rings. The van der Waals surface area contributed by atoms with Gasteiger partial charge in [-0.25, -0.2) is 4.98 Å². The Morgan fingerprint density at radius 2 is 2.19 bits per heavy atom. The minimum Gasteiger partial charge on any atom is -0.312 e. The van der Waals surface area contributed by atoms with E-state index in [1.807, 2.05) is 0 Å². The first kappa shape index (κ1) is 11.4. The van der Waals surface area contributed by atoms with Crippen molar-refractivity contribution < 1.29 is 13.0 Å². The maximum absolute atomic E-state index is 11.1. The van der Waals surface area contributed by atoms with Crippen LogP contribution in [0, 0.1) is 0 Å². The molecule has 86 valence electrons. The van der Waals surface area contributed by atoms with Crippen LogP contribution in [-0.4, -0.2) is 22.5 Å². The van der Waals surface area contributed by atoms with Gasteiger partial charge in [0.1, 0.15) is 0 Å². The van der Waals surface area contributed by atoms with Gasteiger partial charge in [0.05, 0.1) is 16.1 Å². The quantitative estimate of drug-likeness (QED) is 0.838. The van der Waals surface area contributed by atoms with Gasteiger partial charge in [-0.3, -0.25) is 4.55 Å². The Kier molecular flexibility index (Phi) is 2.65. The summed E-state index contributed by atoms with van der Waals surface area (Å²) >= 11 is 5.97. The predicted molar refractivity (Wildman–Crippen MR) is 60.2 cm³/mol. The number of nitrogens with zero attached hydrogens (tertiary/aromatic N) is 2. The van der Waals surface area contributed by atoms with Gasteiger partial charge in [0.15, 0.2) is 0 Å². The molecule has 1 N–H and O–H groups in total. The van der Waals surface area contributed by atoms with Crippen molar-refractivity contribution in [3.63, 3.8) is 0 Å². The Hall–Kier alpha value is -1.11. The van der Waals surface area contributed by atoms with E-state index in [-0.39, 0.29) is 5.16 Å². The molecule has 16 heavy (non-hydrogen) atoms. The molecule has 0 unspecified atom stereocenters. The number of hydrogen-bond acceptors (Lipinski definition) is 3. The summed E-state index contributed by atoms with van der Waals surface area (Å²) < 4.78 is 32.7. The lowest BCUT2D eigenvalue weighted by Gasteiger charge is -2.03.